The van der Waals surface area contributed by atoms with Gasteiger partial charge in [0, 0.05) is 53.0 Å². The van der Waals surface area contributed by atoms with Gasteiger partial charge in [0.2, 0.25) is 5.91 Å². The van der Waals surface area contributed by atoms with Gasteiger partial charge in [-0.25, -0.2) is 0 Å². The van der Waals surface area contributed by atoms with E-state index in [0.29, 0.717) is 44.8 Å². The number of rotatable bonds is 2. The van der Waals surface area contributed by atoms with Crippen LogP contribution in [0.1, 0.15) is 36.7 Å². The van der Waals surface area contributed by atoms with Gasteiger partial charge in [-0.3, -0.25) is 14.6 Å². The van der Waals surface area contributed by atoms with Crippen molar-refractivity contribution in [3.63, 3.8) is 0 Å². The highest BCUT2D eigenvalue weighted by Gasteiger charge is 2.29. The molecule has 1 aromatic heterocycles. The summed E-state index contributed by atoms with van der Waals surface area (Å²) in [6.45, 7) is 3.39. The average molecular weight is 424 g/mol. The summed E-state index contributed by atoms with van der Waals surface area (Å²) in [7, 11) is 1.43. The summed E-state index contributed by atoms with van der Waals surface area (Å²) >= 11 is 0. The molecule has 9 nitrogen and oxygen atoms in total. The molecule has 1 aliphatic rings. The van der Waals surface area contributed by atoms with Crippen molar-refractivity contribution in [3.05, 3.63) is 30.1 Å². The molecule has 0 radical (unpaired) electrons. The third-order valence-electron chi connectivity index (χ3n) is 5.21. The van der Waals surface area contributed by atoms with Crippen LogP contribution in [0.5, 0.6) is 0 Å². The molecule has 0 saturated carbocycles. The Hall–Kier alpha value is -2.07. The Balaban J connectivity index is 2.11. The number of hydrogen-bond donors (Lipinski definition) is 2. The Morgan fingerprint density at radius 3 is 2.53 bits per heavy atom. The van der Waals surface area contributed by atoms with Gasteiger partial charge in [-0.1, -0.05) is 6.07 Å². The van der Waals surface area contributed by atoms with Crippen molar-refractivity contribution in [1.29, 1.82) is 0 Å². The first-order chi connectivity index (χ1) is 14.4. The number of aliphatic hydroxyl groups excluding tert-OH is 2. The lowest BCUT2D eigenvalue weighted by Crippen LogP contribution is -2.48. The lowest BCUT2D eigenvalue weighted by molar-refractivity contribution is -0.136. The zero-order valence-electron chi connectivity index (χ0n) is 17.8. The molecule has 2 amide bonds. The van der Waals surface area contributed by atoms with Crippen molar-refractivity contribution >= 4 is 11.8 Å². The molecule has 3 atom stereocenters. The van der Waals surface area contributed by atoms with Crippen LogP contribution < -0.4 is 0 Å². The first-order valence-corrected chi connectivity index (χ1v) is 10.4. The molecule has 0 bridgehead atoms. The summed E-state index contributed by atoms with van der Waals surface area (Å²) in [6.07, 6.45) is 0.567. The summed E-state index contributed by atoms with van der Waals surface area (Å²) in [6, 6.07) is 5.23. The monoisotopic (exact) mass is 423 g/mol. The summed E-state index contributed by atoms with van der Waals surface area (Å²) in [4.78, 5) is 32.4. The van der Waals surface area contributed by atoms with E-state index in [-0.39, 0.29) is 25.0 Å². The van der Waals surface area contributed by atoms with Crippen molar-refractivity contribution < 1.29 is 29.3 Å². The van der Waals surface area contributed by atoms with Gasteiger partial charge in [-0.2, -0.15) is 0 Å². The zero-order valence-corrected chi connectivity index (χ0v) is 17.8. The van der Waals surface area contributed by atoms with Crippen LogP contribution in [0.15, 0.2) is 24.4 Å². The molecule has 1 saturated heterocycles. The number of aromatic nitrogens is 1. The zero-order chi connectivity index (χ0) is 21.9. The van der Waals surface area contributed by atoms with Crippen LogP contribution in [-0.2, 0) is 14.3 Å². The molecule has 1 aromatic rings. The van der Waals surface area contributed by atoms with E-state index in [9.17, 15) is 19.8 Å². The quantitative estimate of drug-likeness (QED) is 0.704. The minimum Gasteiger partial charge on any atom is -0.388 e. The van der Waals surface area contributed by atoms with Gasteiger partial charge >= 0.3 is 0 Å². The number of aliphatic hydroxyl groups is 2. The minimum atomic E-state index is -1.18. The maximum atomic E-state index is 12.9. The molecule has 0 aromatic carbocycles. The maximum Gasteiger partial charge on any atom is 0.272 e. The van der Waals surface area contributed by atoms with E-state index in [2.05, 4.69) is 4.98 Å². The minimum absolute atomic E-state index is 0.0301. The first-order valence-electron chi connectivity index (χ1n) is 10.4. The highest BCUT2D eigenvalue weighted by Crippen LogP contribution is 2.11. The lowest BCUT2D eigenvalue weighted by Gasteiger charge is -2.31. The molecular formula is C21H33N3O6. The normalized spacial score (nSPS) is 25.3. The summed E-state index contributed by atoms with van der Waals surface area (Å²) in [5.74, 6) is -0.308. The van der Waals surface area contributed by atoms with E-state index in [4.69, 9.17) is 9.47 Å². The van der Waals surface area contributed by atoms with Crippen LogP contribution in [0.4, 0.5) is 0 Å². The summed E-state index contributed by atoms with van der Waals surface area (Å²) in [5.41, 5.74) is 0.390. The number of amides is 2. The molecule has 1 fully saturated rings. The van der Waals surface area contributed by atoms with Gasteiger partial charge in [0.25, 0.3) is 5.91 Å². The first kappa shape index (κ1) is 24.2. The Kier molecular flexibility index (Phi) is 10.2. The van der Waals surface area contributed by atoms with Gasteiger partial charge in [-0.15, -0.1) is 0 Å². The van der Waals surface area contributed by atoms with Crippen molar-refractivity contribution in [2.75, 3.05) is 46.5 Å². The van der Waals surface area contributed by atoms with E-state index >= 15 is 0 Å². The van der Waals surface area contributed by atoms with E-state index in [0.717, 1.165) is 6.42 Å². The molecule has 30 heavy (non-hydrogen) atoms. The van der Waals surface area contributed by atoms with Crippen molar-refractivity contribution in [1.82, 2.24) is 14.8 Å². The fourth-order valence-electron chi connectivity index (χ4n) is 3.39. The standard InChI is InChI=1S/C21H33N3O6/c1-16(25)24-12-7-11-23(21(28)17-8-3-4-9-22-17)10-5-6-13-30-15-18(26)20(27)19(14-24)29-2/h3-4,8-9,18-20,26-27H,5-7,10-15H2,1-2H3/t18-,19-,20-/m0/s1. The van der Waals surface area contributed by atoms with Crippen molar-refractivity contribution in [2.45, 2.75) is 44.5 Å². The fraction of sp³-hybridized carbons (Fsp3) is 0.667. The van der Waals surface area contributed by atoms with Crippen LogP contribution in [0, 0.1) is 0 Å². The van der Waals surface area contributed by atoms with E-state index in [1.807, 2.05) is 0 Å². The van der Waals surface area contributed by atoms with E-state index in [1.165, 1.54) is 14.0 Å². The highest BCUT2D eigenvalue weighted by molar-refractivity contribution is 5.92. The van der Waals surface area contributed by atoms with Crippen LogP contribution in [0.2, 0.25) is 0 Å². The molecule has 2 N–H and O–H groups in total. The Morgan fingerprint density at radius 1 is 1.13 bits per heavy atom. The van der Waals surface area contributed by atoms with Crippen LogP contribution in [0.25, 0.3) is 0 Å². The predicted molar refractivity (Wildman–Crippen MR) is 110 cm³/mol. The molecule has 1 aliphatic heterocycles. The van der Waals surface area contributed by atoms with Crippen LogP contribution in [0.3, 0.4) is 0 Å². The summed E-state index contributed by atoms with van der Waals surface area (Å²) in [5, 5.41) is 20.6. The molecule has 0 aliphatic carbocycles. The second kappa shape index (κ2) is 12.6. The van der Waals surface area contributed by atoms with Gasteiger partial charge in [-0.05, 0) is 31.4 Å². The third-order valence-corrected chi connectivity index (χ3v) is 5.21. The predicted octanol–water partition coefficient (Wildman–Crippen LogP) is 0.310. The number of nitrogens with zero attached hydrogens (tertiary/aromatic N) is 3. The molecule has 168 valence electrons. The molecule has 2 heterocycles. The number of hydrogen-bond acceptors (Lipinski definition) is 7. The Labute approximate surface area is 177 Å². The van der Waals surface area contributed by atoms with Gasteiger partial charge in [0.1, 0.15) is 24.0 Å². The average Bonchev–Trinajstić information content (AvgIpc) is 2.76. The third kappa shape index (κ3) is 7.32. The number of pyridine rings is 1. The van der Waals surface area contributed by atoms with Crippen molar-refractivity contribution in [3.8, 4) is 0 Å². The maximum absolute atomic E-state index is 12.9. The van der Waals surface area contributed by atoms with E-state index < -0.39 is 18.3 Å². The lowest BCUT2D eigenvalue weighted by atomic mass is 10.1. The molecule has 2 rings (SSSR count). The SMILES string of the molecule is CO[C@H]1CN(C(C)=O)CCCN(C(=O)c2ccccn2)CCCCOC[C@H](O)[C@@H]1O. The topological polar surface area (TPSA) is 112 Å². The molecule has 9 heteroatoms. The van der Waals surface area contributed by atoms with Crippen LogP contribution in [-0.4, -0.2) is 102 Å². The second-order valence-corrected chi connectivity index (χ2v) is 7.44. The smallest absolute Gasteiger partial charge is 0.272 e. The highest BCUT2D eigenvalue weighted by atomic mass is 16.5. The largest absolute Gasteiger partial charge is 0.388 e. The van der Waals surface area contributed by atoms with Gasteiger partial charge < -0.3 is 29.5 Å². The number of ether oxygens (including phenoxy) is 2. The van der Waals surface area contributed by atoms with Gasteiger partial charge in [0.05, 0.1) is 6.61 Å². The Bertz CT molecular complexity index is 659. The number of carbonyl (C=O) groups excluding carboxylic acids is 2. The number of methoxy groups -OCH3 is 1. The second-order valence-electron chi connectivity index (χ2n) is 7.44. The molecule has 0 unspecified atom stereocenters. The Morgan fingerprint density at radius 2 is 1.87 bits per heavy atom. The van der Waals surface area contributed by atoms with Gasteiger partial charge in [0.15, 0.2) is 0 Å². The van der Waals surface area contributed by atoms with Crippen molar-refractivity contribution in [2.24, 2.45) is 0 Å². The fourth-order valence-corrected chi connectivity index (χ4v) is 3.39. The molecule has 0 spiro atoms. The number of carbonyl (C=O) groups is 2. The van der Waals surface area contributed by atoms with Crippen LogP contribution >= 0.6 is 0 Å². The van der Waals surface area contributed by atoms with E-state index in [1.54, 1.807) is 34.2 Å². The molecular weight excluding hydrogens is 390 g/mol. The summed E-state index contributed by atoms with van der Waals surface area (Å²) < 4.78 is 10.8.